The lowest BCUT2D eigenvalue weighted by Crippen LogP contribution is -2.40. The molecule has 0 fully saturated rings. The van der Waals surface area contributed by atoms with Gasteiger partial charge in [-0.1, -0.05) is 59.3 Å². The number of methoxy groups -OCH3 is 2. The second kappa shape index (κ2) is 12.2. The Kier molecular flexibility index (Phi) is 8.16. The fourth-order valence-corrected chi connectivity index (χ4v) is 6.84. The number of halogens is 1. The van der Waals surface area contributed by atoms with Gasteiger partial charge in [0.2, 0.25) is 0 Å². The molecule has 3 aromatic carbocycles. The monoisotopic (exact) mass is 627 g/mol. The first kappa shape index (κ1) is 29.5. The van der Waals surface area contributed by atoms with Crippen LogP contribution in [0.5, 0.6) is 11.5 Å². The smallest absolute Gasteiger partial charge is 0.338 e. The van der Waals surface area contributed by atoms with E-state index in [-0.39, 0.29) is 17.7 Å². The number of esters is 1. The van der Waals surface area contributed by atoms with Crippen molar-refractivity contribution in [2.45, 2.75) is 26.4 Å². The third kappa shape index (κ3) is 5.22. The van der Waals surface area contributed by atoms with Crippen LogP contribution in [0.3, 0.4) is 0 Å². The molecule has 0 radical (unpaired) electrons. The molecule has 10 heteroatoms. The van der Waals surface area contributed by atoms with Crippen molar-refractivity contribution in [3.8, 4) is 11.5 Å². The van der Waals surface area contributed by atoms with Gasteiger partial charge in [-0.25, -0.2) is 9.79 Å². The highest BCUT2D eigenvalue weighted by Crippen LogP contribution is 2.37. The molecule has 8 nitrogen and oxygen atoms in total. The van der Waals surface area contributed by atoms with Crippen molar-refractivity contribution >= 4 is 45.9 Å². The fourth-order valence-electron chi connectivity index (χ4n) is 5.60. The Morgan fingerprint density at radius 3 is 2.59 bits per heavy atom. The van der Waals surface area contributed by atoms with Gasteiger partial charge < -0.3 is 18.8 Å². The van der Waals surface area contributed by atoms with Crippen LogP contribution in [-0.2, 0) is 16.1 Å². The Bertz CT molecular complexity index is 2120. The van der Waals surface area contributed by atoms with E-state index in [9.17, 15) is 9.59 Å². The summed E-state index contributed by atoms with van der Waals surface area (Å²) < 4.78 is 20.7. The van der Waals surface area contributed by atoms with Crippen LogP contribution < -0.4 is 24.4 Å². The minimum atomic E-state index is -0.810. The van der Waals surface area contributed by atoms with E-state index in [1.807, 2.05) is 54.7 Å². The molecule has 224 valence electrons. The van der Waals surface area contributed by atoms with E-state index in [1.54, 1.807) is 50.8 Å². The summed E-state index contributed by atoms with van der Waals surface area (Å²) in [5.41, 5.74) is 4.02. The summed E-state index contributed by atoms with van der Waals surface area (Å²) in [5, 5.41) is 1.70. The number of benzene rings is 3. The van der Waals surface area contributed by atoms with E-state index in [0.717, 1.165) is 22.0 Å². The standard InChI is InChI=1S/C34H30ClN3O5S/c1-5-43-33(40)30-20(2)36-34-38(31(30)25-15-14-23(41-3)17-28(25)42-4)32(39)29(44-34)16-22-19-37(27-13-9-7-11-24(22)27)18-21-10-6-8-12-26(21)35/h6-17,19,31H,5,18H2,1-4H3/b29-16-/t31-/m0/s1. The number of thiazole rings is 1. The average molecular weight is 628 g/mol. The van der Waals surface area contributed by atoms with E-state index in [0.29, 0.717) is 43.7 Å². The number of rotatable bonds is 8. The number of carbonyl (C=O) groups is 1. The first-order chi connectivity index (χ1) is 21.3. The number of ether oxygens (including phenoxy) is 3. The fraction of sp³-hybridized carbons (Fsp3) is 0.206. The van der Waals surface area contributed by atoms with Gasteiger partial charge in [0, 0.05) is 45.9 Å². The Balaban J connectivity index is 1.54. The summed E-state index contributed by atoms with van der Waals surface area (Å²) in [6.45, 7) is 4.27. The Morgan fingerprint density at radius 1 is 1.07 bits per heavy atom. The molecule has 6 rings (SSSR count). The van der Waals surface area contributed by atoms with Gasteiger partial charge in [-0.15, -0.1) is 0 Å². The van der Waals surface area contributed by atoms with Crippen LogP contribution in [0, 0.1) is 0 Å². The topological polar surface area (TPSA) is 84.1 Å². The summed E-state index contributed by atoms with van der Waals surface area (Å²) in [5.74, 6) is 0.529. The third-order valence-electron chi connectivity index (χ3n) is 7.66. The van der Waals surface area contributed by atoms with Gasteiger partial charge in [-0.05, 0) is 49.8 Å². The van der Waals surface area contributed by atoms with Crippen molar-refractivity contribution in [3.05, 3.63) is 126 Å². The van der Waals surface area contributed by atoms with Crippen LogP contribution in [0.15, 0.2) is 94.0 Å². The van der Waals surface area contributed by atoms with Crippen molar-refractivity contribution in [1.82, 2.24) is 9.13 Å². The minimum Gasteiger partial charge on any atom is -0.497 e. The molecule has 3 heterocycles. The number of aromatic nitrogens is 2. The van der Waals surface area contributed by atoms with E-state index in [4.69, 9.17) is 30.8 Å². The summed E-state index contributed by atoms with van der Waals surface area (Å²) in [4.78, 5) is 32.8. The molecule has 2 aromatic heterocycles. The third-order valence-corrected chi connectivity index (χ3v) is 9.01. The van der Waals surface area contributed by atoms with E-state index in [1.165, 1.54) is 11.3 Å². The number of allylic oxidation sites excluding steroid dienone is 1. The zero-order valence-corrected chi connectivity index (χ0v) is 26.2. The normalized spacial score (nSPS) is 14.8. The van der Waals surface area contributed by atoms with E-state index < -0.39 is 12.0 Å². The zero-order chi connectivity index (χ0) is 31.0. The molecule has 44 heavy (non-hydrogen) atoms. The van der Waals surface area contributed by atoms with Crippen molar-refractivity contribution < 1.29 is 19.0 Å². The lowest BCUT2D eigenvalue weighted by atomic mass is 9.95. The van der Waals surface area contributed by atoms with E-state index >= 15 is 0 Å². The summed E-state index contributed by atoms with van der Waals surface area (Å²) >= 11 is 7.76. The van der Waals surface area contributed by atoms with Crippen molar-refractivity contribution in [2.75, 3.05) is 20.8 Å². The van der Waals surface area contributed by atoms with Crippen molar-refractivity contribution in [2.24, 2.45) is 4.99 Å². The highest BCUT2D eigenvalue weighted by Gasteiger charge is 2.35. The largest absolute Gasteiger partial charge is 0.497 e. The Hall–Kier alpha value is -4.60. The van der Waals surface area contributed by atoms with Crippen molar-refractivity contribution in [1.29, 1.82) is 0 Å². The van der Waals surface area contributed by atoms with Gasteiger partial charge in [0.25, 0.3) is 5.56 Å². The molecule has 5 aromatic rings. The molecule has 0 N–H and O–H groups in total. The van der Waals surface area contributed by atoms with Crippen LogP contribution in [0.2, 0.25) is 5.02 Å². The Labute approximate surface area is 262 Å². The van der Waals surface area contributed by atoms with Crippen LogP contribution in [0.1, 0.15) is 36.6 Å². The molecule has 0 spiro atoms. The Morgan fingerprint density at radius 2 is 1.84 bits per heavy atom. The molecule has 0 unspecified atom stereocenters. The first-order valence-corrected chi connectivity index (χ1v) is 15.3. The molecular weight excluding hydrogens is 598 g/mol. The lowest BCUT2D eigenvalue weighted by Gasteiger charge is -2.26. The molecular formula is C34H30ClN3O5S. The molecule has 0 bridgehead atoms. The van der Waals surface area contributed by atoms with Gasteiger partial charge in [0.1, 0.15) is 17.5 Å². The van der Waals surface area contributed by atoms with Gasteiger partial charge in [0.05, 0.1) is 36.6 Å². The molecule has 1 aliphatic heterocycles. The zero-order valence-electron chi connectivity index (χ0n) is 24.7. The number of nitrogens with zero attached hydrogens (tertiary/aromatic N) is 3. The molecule has 0 amide bonds. The molecule has 0 saturated carbocycles. The van der Waals surface area contributed by atoms with Gasteiger partial charge in [-0.3, -0.25) is 9.36 Å². The highest BCUT2D eigenvalue weighted by molar-refractivity contribution is 7.07. The second-order valence-electron chi connectivity index (χ2n) is 10.2. The maximum atomic E-state index is 14.3. The number of hydrogen-bond donors (Lipinski definition) is 0. The number of hydrogen-bond acceptors (Lipinski definition) is 7. The summed E-state index contributed by atoms with van der Waals surface area (Å²) in [7, 11) is 3.11. The number of para-hydroxylation sites is 1. The molecule has 0 aliphatic carbocycles. The van der Waals surface area contributed by atoms with E-state index in [2.05, 4.69) is 10.6 Å². The average Bonchev–Trinajstić information content (AvgIpc) is 3.53. The number of carbonyl (C=O) groups excluding carboxylic acids is 1. The predicted molar refractivity (Wildman–Crippen MR) is 172 cm³/mol. The molecule has 1 atom stereocenters. The van der Waals surface area contributed by atoms with Gasteiger partial charge >= 0.3 is 5.97 Å². The molecule has 1 aliphatic rings. The molecule has 0 saturated heterocycles. The first-order valence-electron chi connectivity index (χ1n) is 14.1. The van der Waals surface area contributed by atoms with Crippen LogP contribution in [-0.4, -0.2) is 35.9 Å². The second-order valence-corrected chi connectivity index (χ2v) is 11.6. The van der Waals surface area contributed by atoms with Gasteiger partial charge in [-0.2, -0.15) is 0 Å². The van der Waals surface area contributed by atoms with Crippen LogP contribution in [0.4, 0.5) is 0 Å². The quantitative estimate of drug-likeness (QED) is 0.213. The highest BCUT2D eigenvalue weighted by atomic mass is 35.5. The predicted octanol–water partition coefficient (Wildman–Crippen LogP) is 5.47. The van der Waals surface area contributed by atoms with Gasteiger partial charge in [0.15, 0.2) is 4.80 Å². The minimum absolute atomic E-state index is 0.185. The lowest BCUT2D eigenvalue weighted by molar-refractivity contribution is -0.139. The van der Waals surface area contributed by atoms with Crippen LogP contribution in [0.25, 0.3) is 17.0 Å². The van der Waals surface area contributed by atoms with Crippen molar-refractivity contribution in [3.63, 3.8) is 0 Å². The maximum Gasteiger partial charge on any atom is 0.338 e. The SMILES string of the molecule is CCOC(=O)C1=C(C)N=c2s/c(=C\c3cn(Cc4ccccc4Cl)c4ccccc34)c(=O)n2[C@H]1c1ccc(OC)cc1OC. The maximum absolute atomic E-state index is 14.3. The summed E-state index contributed by atoms with van der Waals surface area (Å²) in [6, 6.07) is 20.3. The van der Waals surface area contributed by atoms with Crippen LogP contribution >= 0.6 is 22.9 Å². The number of fused-ring (bicyclic) bond motifs is 2. The summed E-state index contributed by atoms with van der Waals surface area (Å²) in [6.07, 6.45) is 3.92.